The average Bonchev–Trinajstić information content (AvgIpc) is 2.11. The molecule has 1 aromatic rings. The Balaban J connectivity index is 0.00000121. The maximum Gasteiger partial charge on any atom is 0.441 e. The lowest BCUT2D eigenvalue weighted by atomic mass is 10.1. The summed E-state index contributed by atoms with van der Waals surface area (Å²) in [6.07, 6.45) is 0. The van der Waals surface area contributed by atoms with E-state index in [4.69, 9.17) is 5.73 Å². The predicted molar refractivity (Wildman–Crippen MR) is 46.2 cm³/mol. The van der Waals surface area contributed by atoms with Gasteiger partial charge in [0.2, 0.25) is 0 Å². The van der Waals surface area contributed by atoms with Gasteiger partial charge in [0.15, 0.2) is 5.82 Å². The van der Waals surface area contributed by atoms with Crippen LogP contribution in [0.3, 0.4) is 0 Å². The summed E-state index contributed by atoms with van der Waals surface area (Å²) in [5, 5.41) is 3.54. The lowest BCUT2D eigenvalue weighted by molar-refractivity contribution is 0.365. The molecule has 0 spiro atoms. The molecule has 0 saturated carbocycles. The molecule has 0 amide bonds. The number of nitrogens with zero attached hydrogens (tertiary/aromatic N) is 2. The molecule has 0 atom stereocenters. The molecule has 0 aliphatic carbocycles. The third-order valence-corrected chi connectivity index (χ3v) is 1.38. The summed E-state index contributed by atoms with van der Waals surface area (Å²) in [4.78, 5) is 10.8. The third kappa shape index (κ3) is 1.86. The highest BCUT2D eigenvalue weighted by Gasteiger charge is 2.22. The van der Waals surface area contributed by atoms with Crippen LogP contribution in [0.25, 0.3) is 0 Å². The number of hydrogen-bond donors (Lipinski definition) is 1. The number of halogens is 1. The van der Waals surface area contributed by atoms with E-state index in [-0.39, 0.29) is 12.4 Å². The first-order chi connectivity index (χ1) is 4.93. The van der Waals surface area contributed by atoms with Gasteiger partial charge in [0, 0.05) is 7.05 Å². The predicted octanol–water partition coefficient (Wildman–Crippen LogP) is -0.0111. The molecule has 1 aromatic heterocycles. The van der Waals surface area contributed by atoms with E-state index in [0.29, 0.717) is 5.82 Å². The molecule has 1 heterocycles. The van der Waals surface area contributed by atoms with Crippen LogP contribution in [0.5, 0.6) is 0 Å². The molecule has 0 aromatic carbocycles. The maximum absolute atomic E-state index is 10.8. The van der Waals surface area contributed by atoms with Crippen molar-refractivity contribution >= 4 is 12.4 Å². The summed E-state index contributed by atoms with van der Waals surface area (Å²) in [5.41, 5.74) is 5.05. The Labute approximate surface area is 75.9 Å². The number of aromatic nitrogens is 2. The lowest BCUT2D eigenvalue weighted by Gasteiger charge is -2.14. The molecular formula is C6H12ClN3O2. The molecule has 70 valence electrons. The summed E-state index contributed by atoms with van der Waals surface area (Å²) in [7, 11) is 1.57. The Morgan fingerprint density at radius 2 is 2.08 bits per heavy atom. The summed E-state index contributed by atoms with van der Waals surface area (Å²) < 4.78 is 5.69. The first-order valence-corrected chi connectivity index (χ1v) is 3.25. The minimum absolute atomic E-state index is 0. The number of rotatable bonds is 1. The Morgan fingerprint density at radius 1 is 1.58 bits per heavy atom. The smallest absolute Gasteiger partial charge is 0.319 e. The van der Waals surface area contributed by atoms with Gasteiger partial charge in [-0.05, 0) is 13.8 Å². The molecule has 2 N–H and O–H groups in total. The fourth-order valence-electron chi connectivity index (χ4n) is 0.841. The van der Waals surface area contributed by atoms with Gasteiger partial charge in [-0.25, -0.2) is 4.79 Å². The fraction of sp³-hybridized carbons (Fsp3) is 0.667. The summed E-state index contributed by atoms with van der Waals surface area (Å²) in [5.74, 6) is -0.0407. The van der Waals surface area contributed by atoms with Gasteiger partial charge >= 0.3 is 5.76 Å². The Bertz CT molecular complexity index is 309. The first-order valence-electron chi connectivity index (χ1n) is 3.25. The number of nitrogens with two attached hydrogens (primary N) is 1. The molecule has 12 heavy (non-hydrogen) atoms. The van der Waals surface area contributed by atoms with E-state index >= 15 is 0 Å². The topological polar surface area (TPSA) is 74.1 Å². The van der Waals surface area contributed by atoms with E-state index in [2.05, 4.69) is 9.68 Å². The lowest BCUT2D eigenvalue weighted by Crippen LogP contribution is -2.33. The summed E-state index contributed by atoms with van der Waals surface area (Å²) >= 11 is 0. The van der Waals surface area contributed by atoms with Crippen molar-refractivity contribution in [3.8, 4) is 0 Å². The van der Waals surface area contributed by atoms with E-state index < -0.39 is 11.3 Å². The van der Waals surface area contributed by atoms with Gasteiger partial charge in [-0.3, -0.25) is 9.09 Å². The largest absolute Gasteiger partial charge is 0.441 e. The van der Waals surface area contributed by atoms with Gasteiger partial charge in [0.05, 0.1) is 5.54 Å². The summed E-state index contributed by atoms with van der Waals surface area (Å²) in [6, 6.07) is 0. The van der Waals surface area contributed by atoms with Gasteiger partial charge in [-0.2, -0.15) is 0 Å². The van der Waals surface area contributed by atoms with Crippen LogP contribution in [-0.4, -0.2) is 9.72 Å². The molecule has 0 aliphatic heterocycles. The van der Waals surface area contributed by atoms with Crippen molar-refractivity contribution in [3.05, 3.63) is 16.4 Å². The van der Waals surface area contributed by atoms with Crippen molar-refractivity contribution in [2.75, 3.05) is 0 Å². The Hall–Kier alpha value is -0.810. The zero-order chi connectivity index (χ0) is 8.65. The van der Waals surface area contributed by atoms with E-state index in [1.165, 1.54) is 4.57 Å². The van der Waals surface area contributed by atoms with Crippen LogP contribution in [0.15, 0.2) is 9.32 Å². The van der Waals surface area contributed by atoms with Crippen LogP contribution in [0.4, 0.5) is 0 Å². The average molecular weight is 194 g/mol. The van der Waals surface area contributed by atoms with Gasteiger partial charge in [0.25, 0.3) is 0 Å². The maximum atomic E-state index is 10.8. The van der Waals surface area contributed by atoms with E-state index in [1.54, 1.807) is 20.9 Å². The number of hydrogen-bond acceptors (Lipinski definition) is 4. The van der Waals surface area contributed by atoms with Crippen molar-refractivity contribution < 1.29 is 4.52 Å². The van der Waals surface area contributed by atoms with Crippen LogP contribution >= 0.6 is 12.4 Å². The molecule has 0 radical (unpaired) electrons. The second kappa shape index (κ2) is 3.28. The second-order valence-corrected chi connectivity index (χ2v) is 3.05. The molecule has 0 aliphatic rings. The molecule has 0 saturated heterocycles. The van der Waals surface area contributed by atoms with Gasteiger partial charge in [-0.15, -0.1) is 12.4 Å². The minimum Gasteiger partial charge on any atom is -0.319 e. The van der Waals surface area contributed by atoms with Gasteiger partial charge in [0.1, 0.15) is 0 Å². The third-order valence-electron chi connectivity index (χ3n) is 1.38. The van der Waals surface area contributed by atoms with Gasteiger partial charge < -0.3 is 5.73 Å². The van der Waals surface area contributed by atoms with Crippen LogP contribution in [0, 0.1) is 0 Å². The SMILES string of the molecule is Cl.Cn1c(C(C)(C)N)noc1=O. The van der Waals surface area contributed by atoms with E-state index in [1.807, 2.05) is 0 Å². The highest BCUT2D eigenvalue weighted by atomic mass is 35.5. The monoisotopic (exact) mass is 193 g/mol. The summed E-state index contributed by atoms with van der Waals surface area (Å²) in [6.45, 7) is 3.51. The molecule has 0 fully saturated rings. The molecule has 1 rings (SSSR count). The molecule has 6 heteroatoms. The van der Waals surface area contributed by atoms with Crippen LogP contribution < -0.4 is 11.5 Å². The zero-order valence-corrected chi connectivity index (χ0v) is 8.01. The normalized spacial score (nSPS) is 11.0. The van der Waals surface area contributed by atoms with E-state index in [9.17, 15) is 4.79 Å². The van der Waals surface area contributed by atoms with Crippen LogP contribution in [0.1, 0.15) is 19.7 Å². The van der Waals surface area contributed by atoms with Gasteiger partial charge in [-0.1, -0.05) is 5.16 Å². The molecule has 5 nitrogen and oxygen atoms in total. The molecular weight excluding hydrogens is 182 g/mol. The van der Waals surface area contributed by atoms with E-state index in [0.717, 1.165) is 0 Å². The minimum atomic E-state index is -0.638. The van der Waals surface area contributed by atoms with Crippen LogP contribution in [-0.2, 0) is 12.6 Å². The Kier molecular flexibility index (Phi) is 3.06. The van der Waals surface area contributed by atoms with Crippen molar-refractivity contribution in [3.63, 3.8) is 0 Å². The standard InChI is InChI=1S/C6H11N3O2.ClH/c1-6(2,7)4-8-11-5(10)9(4)3;/h7H2,1-3H3;1H. The van der Waals surface area contributed by atoms with Crippen molar-refractivity contribution in [2.45, 2.75) is 19.4 Å². The molecule has 0 bridgehead atoms. The second-order valence-electron chi connectivity index (χ2n) is 3.05. The van der Waals surface area contributed by atoms with Crippen molar-refractivity contribution in [1.82, 2.24) is 9.72 Å². The molecule has 0 unspecified atom stereocenters. The quantitative estimate of drug-likeness (QED) is 0.681. The first kappa shape index (κ1) is 11.2. The highest BCUT2D eigenvalue weighted by molar-refractivity contribution is 5.85. The van der Waals surface area contributed by atoms with Crippen LogP contribution in [0.2, 0.25) is 0 Å². The fourth-order valence-corrected chi connectivity index (χ4v) is 0.841. The van der Waals surface area contributed by atoms with Crippen molar-refractivity contribution in [2.24, 2.45) is 12.8 Å². The Morgan fingerprint density at radius 3 is 2.25 bits per heavy atom. The zero-order valence-electron chi connectivity index (χ0n) is 7.20. The van der Waals surface area contributed by atoms with Crippen molar-refractivity contribution in [1.29, 1.82) is 0 Å². The highest BCUT2D eigenvalue weighted by Crippen LogP contribution is 2.10.